The van der Waals surface area contributed by atoms with Crippen LogP contribution in [0.25, 0.3) is 33.0 Å². The van der Waals surface area contributed by atoms with Crippen LogP contribution in [0.2, 0.25) is 0 Å². The zero-order valence-electron chi connectivity index (χ0n) is 28.5. The van der Waals surface area contributed by atoms with E-state index in [1.54, 1.807) is 0 Å². The van der Waals surface area contributed by atoms with E-state index in [9.17, 15) is 9.90 Å². The molecule has 2 aromatic carbocycles. The van der Waals surface area contributed by atoms with Crippen molar-refractivity contribution in [2.24, 2.45) is 4.99 Å². The van der Waals surface area contributed by atoms with E-state index >= 15 is 0 Å². The molecule has 3 aromatic heterocycles. The quantitative estimate of drug-likeness (QED) is 0.115. The summed E-state index contributed by atoms with van der Waals surface area (Å²) in [5.41, 5.74) is 7.33. The lowest BCUT2D eigenvalue weighted by Gasteiger charge is -2.25. The van der Waals surface area contributed by atoms with Gasteiger partial charge in [-0.1, -0.05) is 58.2 Å². The average molecular weight is 648 g/mol. The Morgan fingerprint density at radius 1 is 0.917 bits per heavy atom. The molecule has 250 valence electrons. The lowest BCUT2D eigenvalue weighted by Crippen LogP contribution is -2.32. The fourth-order valence-corrected chi connectivity index (χ4v) is 7.39. The van der Waals surface area contributed by atoms with E-state index in [0.717, 1.165) is 108 Å². The molecule has 8 nitrogen and oxygen atoms in total. The van der Waals surface area contributed by atoms with Crippen molar-refractivity contribution < 1.29 is 23.6 Å². The summed E-state index contributed by atoms with van der Waals surface area (Å²) >= 11 is 0. The van der Waals surface area contributed by atoms with Crippen LogP contribution in [-0.4, -0.2) is 34.6 Å². The number of furan rings is 1. The SMILES string of the molecule is CCCCN(CCCC)c1ccc2c3c(oc2c1)C1OC(c2cc[n+](CCCC)cc2)=NC1c1c-3c2ccccc2n1CCCC(=O)O. The zero-order valence-corrected chi connectivity index (χ0v) is 28.5. The van der Waals surface area contributed by atoms with Crippen molar-refractivity contribution in [2.45, 2.75) is 97.4 Å². The molecule has 7 rings (SSSR count). The first-order valence-corrected chi connectivity index (χ1v) is 17.9. The third kappa shape index (κ3) is 5.86. The van der Waals surface area contributed by atoms with Crippen LogP contribution in [0, 0.1) is 0 Å². The predicted molar refractivity (Wildman–Crippen MR) is 191 cm³/mol. The molecule has 5 aromatic rings. The Bertz CT molecular complexity index is 1950. The lowest BCUT2D eigenvalue weighted by molar-refractivity contribution is -0.697. The minimum absolute atomic E-state index is 0.109. The number of hydrogen-bond donors (Lipinski definition) is 1. The highest BCUT2D eigenvalue weighted by Gasteiger charge is 2.47. The topological polar surface area (TPSA) is 84.1 Å². The Morgan fingerprint density at radius 2 is 1.67 bits per heavy atom. The van der Waals surface area contributed by atoms with Gasteiger partial charge >= 0.3 is 5.97 Å². The maximum Gasteiger partial charge on any atom is 0.303 e. The van der Waals surface area contributed by atoms with Gasteiger partial charge < -0.3 is 23.7 Å². The van der Waals surface area contributed by atoms with Gasteiger partial charge in [0, 0.05) is 89.3 Å². The highest BCUT2D eigenvalue weighted by Crippen LogP contribution is 2.57. The summed E-state index contributed by atoms with van der Waals surface area (Å²) in [6.45, 7) is 10.3. The molecule has 2 unspecified atom stereocenters. The number of aliphatic imine (C=N–C) groups is 1. The number of unbranched alkanes of at least 4 members (excludes halogenated alkanes) is 3. The van der Waals surface area contributed by atoms with Gasteiger partial charge in [0.2, 0.25) is 5.90 Å². The van der Waals surface area contributed by atoms with Gasteiger partial charge in [-0.25, -0.2) is 9.56 Å². The van der Waals surface area contributed by atoms with Crippen molar-refractivity contribution in [1.82, 2.24) is 4.57 Å². The van der Waals surface area contributed by atoms with Gasteiger partial charge in [0.05, 0.1) is 5.69 Å². The van der Waals surface area contributed by atoms with Crippen molar-refractivity contribution in [3.8, 4) is 11.1 Å². The van der Waals surface area contributed by atoms with E-state index in [4.69, 9.17) is 14.1 Å². The molecule has 4 heterocycles. The van der Waals surface area contributed by atoms with E-state index in [1.807, 2.05) is 0 Å². The summed E-state index contributed by atoms with van der Waals surface area (Å²) in [4.78, 5) is 19.3. The smallest absolute Gasteiger partial charge is 0.303 e. The number of para-hydroxylation sites is 1. The van der Waals surface area contributed by atoms with Gasteiger partial charge in [0.15, 0.2) is 24.3 Å². The van der Waals surface area contributed by atoms with Crippen LogP contribution in [0.5, 0.6) is 0 Å². The number of benzene rings is 2. The fraction of sp³-hybridized carbons (Fsp3) is 0.425. The maximum absolute atomic E-state index is 11.5. The molecule has 1 aliphatic carbocycles. The fourth-order valence-electron chi connectivity index (χ4n) is 7.39. The number of ether oxygens (including phenoxy) is 1. The molecule has 0 spiro atoms. The van der Waals surface area contributed by atoms with Crippen molar-refractivity contribution in [2.75, 3.05) is 18.0 Å². The van der Waals surface area contributed by atoms with E-state index in [0.29, 0.717) is 18.9 Å². The number of anilines is 1. The summed E-state index contributed by atoms with van der Waals surface area (Å²) in [5.74, 6) is 0.642. The molecule has 1 aliphatic heterocycles. The number of carbonyl (C=O) groups is 1. The molecule has 1 N–H and O–H groups in total. The zero-order chi connectivity index (χ0) is 33.2. The summed E-state index contributed by atoms with van der Waals surface area (Å²) in [6.07, 6.45) is 11.3. The third-order valence-electron chi connectivity index (χ3n) is 9.89. The molecule has 0 saturated carbocycles. The molecule has 0 fully saturated rings. The minimum atomic E-state index is -0.784. The first-order chi connectivity index (χ1) is 23.5. The summed E-state index contributed by atoms with van der Waals surface area (Å²) < 4.78 is 18.1. The number of nitrogens with zero attached hydrogens (tertiary/aromatic N) is 4. The number of carboxylic acid groups (broad SMARTS) is 1. The number of aromatic nitrogens is 2. The molecule has 2 atom stereocenters. The van der Waals surface area contributed by atoms with Gasteiger partial charge in [0.1, 0.15) is 18.2 Å². The Labute approximate surface area is 282 Å². The van der Waals surface area contributed by atoms with Gasteiger partial charge in [-0.05, 0) is 37.5 Å². The minimum Gasteiger partial charge on any atom is -0.481 e. The summed E-state index contributed by atoms with van der Waals surface area (Å²) in [7, 11) is 0. The van der Waals surface area contributed by atoms with E-state index in [2.05, 4.69) is 102 Å². The monoisotopic (exact) mass is 647 g/mol. The van der Waals surface area contributed by atoms with Gasteiger partial charge in [0.25, 0.3) is 0 Å². The van der Waals surface area contributed by atoms with Crippen molar-refractivity contribution in [3.05, 3.63) is 84.0 Å². The number of pyridine rings is 1. The molecule has 0 radical (unpaired) electrons. The Hall–Kier alpha value is -4.59. The van der Waals surface area contributed by atoms with Crippen LogP contribution in [-0.2, 0) is 22.6 Å². The number of hydrogen-bond acceptors (Lipinski definition) is 5. The van der Waals surface area contributed by atoms with Crippen LogP contribution in [0.4, 0.5) is 5.69 Å². The summed E-state index contributed by atoms with van der Waals surface area (Å²) in [6, 6.07) is 19.0. The standard InChI is InChI=1S/C40H46N4O4/c1-4-7-20-42-24-18-27(19-25-42)40-41-36-37-34(29-13-10-11-14-31(29)44(37)23-12-15-33(45)46)35-30-17-16-28(43(21-8-5-2)22-9-6-3)26-32(30)47-38(35)39(36)48-40/h10-11,13-14,16-19,24-26,36,39H,4-9,12,15,20-23H2,1-3H3/p+1. The highest BCUT2D eigenvalue weighted by atomic mass is 16.5. The Balaban J connectivity index is 1.38. The Morgan fingerprint density at radius 3 is 2.40 bits per heavy atom. The van der Waals surface area contributed by atoms with Crippen molar-refractivity contribution in [3.63, 3.8) is 0 Å². The Kier molecular flexibility index (Phi) is 9.24. The van der Waals surface area contributed by atoms with Crippen molar-refractivity contribution in [1.29, 1.82) is 0 Å². The number of aryl methyl sites for hydroxylation is 2. The van der Waals surface area contributed by atoms with Gasteiger partial charge in [-0.2, -0.15) is 0 Å². The molecule has 0 saturated heterocycles. The lowest BCUT2D eigenvalue weighted by atomic mass is 9.87. The van der Waals surface area contributed by atoms with Gasteiger partial charge in [-0.15, -0.1) is 0 Å². The second-order valence-electron chi connectivity index (χ2n) is 13.2. The molecular formula is C40H47N4O4+. The van der Waals surface area contributed by atoms with Crippen LogP contribution >= 0.6 is 0 Å². The van der Waals surface area contributed by atoms with Crippen LogP contribution < -0.4 is 9.47 Å². The van der Waals surface area contributed by atoms with Gasteiger partial charge in [-0.3, -0.25) is 4.79 Å². The summed E-state index contributed by atoms with van der Waals surface area (Å²) in [5, 5.41) is 11.7. The second-order valence-corrected chi connectivity index (χ2v) is 13.2. The molecule has 0 bridgehead atoms. The first-order valence-electron chi connectivity index (χ1n) is 17.9. The average Bonchev–Trinajstić information content (AvgIpc) is 3.80. The predicted octanol–water partition coefficient (Wildman–Crippen LogP) is 8.99. The van der Waals surface area contributed by atoms with E-state index in [-0.39, 0.29) is 12.5 Å². The second kappa shape index (κ2) is 13.9. The normalized spacial score (nSPS) is 16.4. The third-order valence-corrected chi connectivity index (χ3v) is 9.89. The molecule has 2 aliphatic rings. The molecular weight excluding hydrogens is 600 g/mol. The first kappa shape index (κ1) is 32.0. The van der Waals surface area contributed by atoms with Crippen LogP contribution in [0.1, 0.15) is 101 Å². The molecule has 0 amide bonds. The van der Waals surface area contributed by atoms with E-state index in [1.165, 1.54) is 5.69 Å². The van der Waals surface area contributed by atoms with E-state index < -0.39 is 12.1 Å². The van der Waals surface area contributed by atoms with Crippen LogP contribution in [0.3, 0.4) is 0 Å². The number of rotatable bonds is 15. The number of aliphatic carboxylic acids is 1. The largest absolute Gasteiger partial charge is 0.481 e. The molecule has 48 heavy (non-hydrogen) atoms. The van der Waals surface area contributed by atoms with Crippen LogP contribution in [0.15, 0.2) is 76.4 Å². The number of fused-ring (bicyclic) bond motifs is 10. The van der Waals surface area contributed by atoms with Crippen molar-refractivity contribution >= 4 is 39.4 Å². The number of carboxylic acids is 1. The molecule has 8 heteroatoms. The maximum atomic E-state index is 11.5. The highest BCUT2D eigenvalue weighted by molar-refractivity contribution is 6.09.